The predicted octanol–water partition coefficient (Wildman–Crippen LogP) is 1.83. The normalized spacial score (nSPS) is 13.5. The fourth-order valence-corrected chi connectivity index (χ4v) is 1.95. The molecular formula is C13H18ClN3O2. The lowest BCUT2D eigenvalue weighted by molar-refractivity contribution is -0.121. The van der Waals surface area contributed by atoms with Crippen LogP contribution in [0, 0.1) is 0 Å². The smallest absolute Gasteiger partial charge is 0.321 e. The van der Waals surface area contributed by atoms with Crippen LogP contribution in [-0.4, -0.2) is 25.0 Å². The third-order valence-corrected chi connectivity index (χ3v) is 3.07. The monoisotopic (exact) mass is 283 g/mol. The Hall–Kier alpha value is -1.59. The van der Waals surface area contributed by atoms with Crippen molar-refractivity contribution in [1.29, 1.82) is 0 Å². The highest BCUT2D eigenvalue weighted by molar-refractivity contribution is 6.31. The van der Waals surface area contributed by atoms with Gasteiger partial charge in [0.15, 0.2) is 0 Å². The molecule has 2 atom stereocenters. The Balaban J connectivity index is 2.62. The Morgan fingerprint density at radius 2 is 1.84 bits per heavy atom. The van der Waals surface area contributed by atoms with Gasteiger partial charge in [0.05, 0.1) is 6.04 Å². The van der Waals surface area contributed by atoms with E-state index in [1.165, 1.54) is 7.05 Å². The lowest BCUT2D eigenvalue weighted by Gasteiger charge is -2.20. The first-order valence-electron chi connectivity index (χ1n) is 5.98. The van der Waals surface area contributed by atoms with E-state index in [1.54, 1.807) is 13.0 Å². The van der Waals surface area contributed by atoms with Gasteiger partial charge in [-0.2, -0.15) is 0 Å². The largest absolute Gasteiger partial charge is 0.341 e. The van der Waals surface area contributed by atoms with E-state index in [1.807, 2.05) is 25.1 Å². The molecule has 0 saturated carbocycles. The topological polar surface area (TPSA) is 70.2 Å². The molecule has 0 aliphatic heterocycles. The molecule has 0 heterocycles. The summed E-state index contributed by atoms with van der Waals surface area (Å²) in [5.74, 6) is -0.391. The molecule has 0 aliphatic rings. The van der Waals surface area contributed by atoms with Crippen LogP contribution in [0.25, 0.3) is 0 Å². The summed E-state index contributed by atoms with van der Waals surface area (Å²) in [7, 11) is 1.45. The Labute approximate surface area is 117 Å². The molecule has 1 aromatic rings. The molecule has 0 aliphatic carbocycles. The van der Waals surface area contributed by atoms with E-state index in [9.17, 15) is 9.59 Å². The summed E-state index contributed by atoms with van der Waals surface area (Å²) in [5, 5.41) is 8.27. The molecule has 1 rings (SSSR count). The number of hydrogen-bond donors (Lipinski definition) is 3. The predicted molar refractivity (Wildman–Crippen MR) is 75.1 cm³/mol. The lowest BCUT2D eigenvalue weighted by Crippen LogP contribution is -2.47. The molecule has 104 valence electrons. The number of carbonyl (C=O) groups is 2. The van der Waals surface area contributed by atoms with E-state index in [4.69, 9.17) is 11.6 Å². The molecule has 0 radical (unpaired) electrons. The maximum absolute atomic E-state index is 11.7. The van der Waals surface area contributed by atoms with Crippen LogP contribution in [0.3, 0.4) is 0 Å². The lowest BCUT2D eigenvalue weighted by atomic mass is 10.1. The summed E-state index contributed by atoms with van der Waals surface area (Å²) in [5.41, 5.74) is 0.906. The number of rotatable bonds is 4. The van der Waals surface area contributed by atoms with Crippen molar-refractivity contribution in [1.82, 2.24) is 16.0 Å². The van der Waals surface area contributed by atoms with Crippen LogP contribution in [0.4, 0.5) is 4.79 Å². The minimum absolute atomic E-state index is 0.0980. The fourth-order valence-electron chi connectivity index (χ4n) is 1.65. The average molecular weight is 284 g/mol. The zero-order valence-electron chi connectivity index (χ0n) is 11.2. The van der Waals surface area contributed by atoms with Gasteiger partial charge in [-0.25, -0.2) is 4.79 Å². The van der Waals surface area contributed by atoms with Crippen molar-refractivity contribution < 1.29 is 9.59 Å². The number of imide groups is 1. The summed E-state index contributed by atoms with van der Waals surface area (Å²) in [4.78, 5) is 22.7. The van der Waals surface area contributed by atoms with Crippen LogP contribution in [0.2, 0.25) is 5.02 Å². The van der Waals surface area contributed by atoms with E-state index < -0.39 is 18.0 Å². The first-order valence-corrected chi connectivity index (χ1v) is 6.36. The molecule has 3 amide bonds. The van der Waals surface area contributed by atoms with E-state index in [-0.39, 0.29) is 6.04 Å². The summed E-state index contributed by atoms with van der Waals surface area (Å²) in [6.07, 6.45) is 0. The van der Waals surface area contributed by atoms with Gasteiger partial charge in [0, 0.05) is 18.1 Å². The average Bonchev–Trinajstić information content (AvgIpc) is 2.38. The molecule has 6 heteroatoms. The molecule has 0 unspecified atom stereocenters. The van der Waals surface area contributed by atoms with Gasteiger partial charge in [-0.15, -0.1) is 0 Å². The minimum Gasteiger partial charge on any atom is -0.341 e. The molecule has 3 N–H and O–H groups in total. The van der Waals surface area contributed by atoms with Crippen LogP contribution in [0.1, 0.15) is 25.5 Å². The number of benzene rings is 1. The van der Waals surface area contributed by atoms with Crippen molar-refractivity contribution in [3.63, 3.8) is 0 Å². The number of nitrogens with one attached hydrogen (secondary N) is 3. The Morgan fingerprint density at radius 3 is 2.42 bits per heavy atom. The van der Waals surface area contributed by atoms with Gasteiger partial charge in [0.2, 0.25) is 5.91 Å². The van der Waals surface area contributed by atoms with E-state index in [0.29, 0.717) is 5.02 Å². The number of urea groups is 1. The molecule has 5 nitrogen and oxygen atoms in total. The molecular weight excluding hydrogens is 266 g/mol. The summed E-state index contributed by atoms with van der Waals surface area (Å²) >= 11 is 6.08. The molecule has 0 spiro atoms. The molecule has 0 fully saturated rings. The number of carbonyl (C=O) groups excluding carboxylic acids is 2. The van der Waals surface area contributed by atoms with Gasteiger partial charge >= 0.3 is 6.03 Å². The highest BCUT2D eigenvalue weighted by Gasteiger charge is 2.18. The Morgan fingerprint density at radius 1 is 1.21 bits per heavy atom. The Kier molecular flexibility index (Phi) is 5.79. The third kappa shape index (κ3) is 4.54. The molecule has 0 saturated heterocycles. The molecule has 1 aromatic carbocycles. The van der Waals surface area contributed by atoms with Crippen LogP contribution in [0.15, 0.2) is 24.3 Å². The van der Waals surface area contributed by atoms with Crippen LogP contribution < -0.4 is 16.0 Å². The Bertz CT molecular complexity index is 465. The van der Waals surface area contributed by atoms with Crippen molar-refractivity contribution in [2.45, 2.75) is 25.9 Å². The van der Waals surface area contributed by atoms with Crippen molar-refractivity contribution >= 4 is 23.5 Å². The SMILES string of the molecule is CNC(=O)NC(=O)[C@H](C)N[C@@H](C)c1ccccc1Cl. The van der Waals surface area contributed by atoms with E-state index >= 15 is 0 Å². The van der Waals surface area contributed by atoms with Crippen molar-refractivity contribution in [2.75, 3.05) is 7.05 Å². The maximum atomic E-state index is 11.7. The van der Waals surface area contributed by atoms with Gasteiger partial charge in [-0.05, 0) is 25.5 Å². The van der Waals surface area contributed by atoms with E-state index in [2.05, 4.69) is 16.0 Å². The summed E-state index contributed by atoms with van der Waals surface area (Å²) < 4.78 is 0. The minimum atomic E-state index is -0.524. The van der Waals surface area contributed by atoms with Gasteiger partial charge in [0.25, 0.3) is 0 Å². The van der Waals surface area contributed by atoms with E-state index in [0.717, 1.165) is 5.56 Å². The highest BCUT2D eigenvalue weighted by atomic mass is 35.5. The first-order chi connectivity index (χ1) is 8.95. The van der Waals surface area contributed by atoms with Gasteiger partial charge < -0.3 is 5.32 Å². The number of hydrogen-bond acceptors (Lipinski definition) is 3. The van der Waals surface area contributed by atoms with Crippen LogP contribution >= 0.6 is 11.6 Å². The van der Waals surface area contributed by atoms with Crippen molar-refractivity contribution in [2.24, 2.45) is 0 Å². The van der Waals surface area contributed by atoms with Crippen molar-refractivity contribution in [3.8, 4) is 0 Å². The summed E-state index contributed by atoms with van der Waals surface area (Å²) in [6.45, 7) is 3.59. The second-order valence-electron chi connectivity index (χ2n) is 4.20. The van der Waals surface area contributed by atoms with Crippen molar-refractivity contribution in [3.05, 3.63) is 34.9 Å². The van der Waals surface area contributed by atoms with Gasteiger partial charge in [-0.3, -0.25) is 15.4 Å². The zero-order chi connectivity index (χ0) is 14.4. The third-order valence-electron chi connectivity index (χ3n) is 2.73. The second kappa shape index (κ2) is 7.11. The van der Waals surface area contributed by atoms with Gasteiger partial charge in [0.1, 0.15) is 0 Å². The van der Waals surface area contributed by atoms with Crippen LogP contribution in [-0.2, 0) is 4.79 Å². The van der Waals surface area contributed by atoms with Gasteiger partial charge in [-0.1, -0.05) is 29.8 Å². The highest BCUT2D eigenvalue weighted by Crippen LogP contribution is 2.22. The molecule has 0 bridgehead atoms. The standard InChI is InChI=1S/C13H18ClN3O2/c1-8(10-6-4-5-7-11(10)14)16-9(2)12(18)17-13(19)15-3/h4-9,16H,1-3H3,(H2,15,17,18,19)/t8-,9-/m0/s1. The molecule has 0 aromatic heterocycles. The first kappa shape index (κ1) is 15.5. The number of amides is 3. The maximum Gasteiger partial charge on any atom is 0.321 e. The second-order valence-corrected chi connectivity index (χ2v) is 4.61. The van der Waals surface area contributed by atoms with Crippen LogP contribution in [0.5, 0.6) is 0 Å². The molecule has 19 heavy (non-hydrogen) atoms. The number of halogens is 1. The fraction of sp³-hybridized carbons (Fsp3) is 0.385. The summed E-state index contributed by atoms with van der Waals surface area (Å²) in [6, 6.07) is 6.29. The quantitative estimate of drug-likeness (QED) is 0.790. The zero-order valence-corrected chi connectivity index (χ0v) is 11.9.